The third-order valence-corrected chi connectivity index (χ3v) is 2.88. The van der Waals surface area contributed by atoms with E-state index in [4.69, 9.17) is 5.73 Å². The zero-order chi connectivity index (χ0) is 13.8. The van der Waals surface area contributed by atoms with Crippen molar-refractivity contribution >= 4 is 11.7 Å². The third kappa shape index (κ3) is 3.20. The van der Waals surface area contributed by atoms with E-state index in [-0.39, 0.29) is 11.8 Å². The summed E-state index contributed by atoms with van der Waals surface area (Å²) in [6.45, 7) is 3.82. The number of hydrogen-bond donors (Lipinski definition) is 2. The second kappa shape index (κ2) is 5.67. The van der Waals surface area contributed by atoms with Crippen molar-refractivity contribution in [3.8, 4) is 5.69 Å². The zero-order valence-corrected chi connectivity index (χ0v) is 11.1. The van der Waals surface area contributed by atoms with E-state index in [0.717, 1.165) is 5.69 Å². The summed E-state index contributed by atoms with van der Waals surface area (Å²) >= 11 is 0. The highest BCUT2D eigenvalue weighted by atomic mass is 16.2. The predicted molar refractivity (Wildman–Crippen MR) is 75.0 cm³/mol. The van der Waals surface area contributed by atoms with E-state index in [9.17, 15) is 4.79 Å². The van der Waals surface area contributed by atoms with Crippen molar-refractivity contribution in [3.63, 3.8) is 0 Å². The number of para-hydroxylation sites is 1. The van der Waals surface area contributed by atoms with Gasteiger partial charge in [-0.2, -0.15) is 5.10 Å². The topological polar surface area (TPSA) is 72.9 Å². The fourth-order valence-electron chi connectivity index (χ4n) is 1.63. The smallest absolute Gasteiger partial charge is 0.242 e. The lowest BCUT2D eigenvalue weighted by atomic mass is 10.1. The highest BCUT2D eigenvalue weighted by Gasteiger charge is 2.17. The van der Waals surface area contributed by atoms with E-state index in [1.54, 1.807) is 16.9 Å². The largest absolute Gasteiger partial charge is 0.320 e. The molecule has 0 fully saturated rings. The van der Waals surface area contributed by atoms with E-state index in [1.165, 1.54) is 0 Å². The van der Waals surface area contributed by atoms with Gasteiger partial charge >= 0.3 is 0 Å². The molecule has 19 heavy (non-hydrogen) atoms. The minimum Gasteiger partial charge on any atom is -0.320 e. The Morgan fingerprint density at radius 2 is 1.95 bits per heavy atom. The maximum Gasteiger partial charge on any atom is 0.242 e. The van der Waals surface area contributed by atoms with Crippen molar-refractivity contribution in [2.75, 3.05) is 5.32 Å². The molecule has 0 radical (unpaired) electrons. The van der Waals surface area contributed by atoms with Gasteiger partial charge in [-0.1, -0.05) is 32.0 Å². The molecule has 0 aliphatic rings. The lowest BCUT2D eigenvalue weighted by Gasteiger charge is -2.13. The van der Waals surface area contributed by atoms with Gasteiger partial charge < -0.3 is 11.1 Å². The molecule has 3 N–H and O–H groups in total. The number of carbonyl (C=O) groups excluding carboxylic acids is 1. The molecule has 0 saturated heterocycles. The minimum atomic E-state index is -0.526. The zero-order valence-electron chi connectivity index (χ0n) is 11.1. The molecule has 0 aliphatic carbocycles. The summed E-state index contributed by atoms with van der Waals surface area (Å²) in [5, 5.41) is 7.01. The van der Waals surface area contributed by atoms with Crippen molar-refractivity contribution in [1.29, 1.82) is 0 Å². The number of rotatable bonds is 4. The second-order valence-corrected chi connectivity index (χ2v) is 4.74. The monoisotopic (exact) mass is 258 g/mol. The summed E-state index contributed by atoms with van der Waals surface area (Å²) in [6, 6.07) is 10.9. The first kappa shape index (κ1) is 13.3. The van der Waals surface area contributed by atoms with Gasteiger partial charge in [0.15, 0.2) is 5.82 Å². The minimum absolute atomic E-state index is 0.0937. The van der Waals surface area contributed by atoms with Crippen molar-refractivity contribution < 1.29 is 4.79 Å². The van der Waals surface area contributed by atoms with Crippen molar-refractivity contribution in [2.24, 2.45) is 11.7 Å². The Balaban J connectivity index is 2.08. The molecular formula is C14H18N4O. The van der Waals surface area contributed by atoms with Crippen molar-refractivity contribution in [1.82, 2.24) is 9.78 Å². The van der Waals surface area contributed by atoms with Gasteiger partial charge in [0.2, 0.25) is 5.91 Å². The summed E-state index contributed by atoms with van der Waals surface area (Å²) in [6.07, 6.45) is 1.80. The molecule has 5 heteroatoms. The standard InChI is InChI=1S/C14H18N4O/c1-10(2)13(15)14(19)16-12-8-9-18(17-12)11-6-4-3-5-7-11/h3-10,13H,15H2,1-2H3,(H,16,17,19)/t13-/m0/s1. The number of nitrogens with one attached hydrogen (secondary N) is 1. The molecule has 5 nitrogen and oxygen atoms in total. The molecule has 0 saturated carbocycles. The predicted octanol–water partition coefficient (Wildman–Crippen LogP) is 1.79. The summed E-state index contributed by atoms with van der Waals surface area (Å²) in [4.78, 5) is 11.8. The fourth-order valence-corrected chi connectivity index (χ4v) is 1.63. The maximum atomic E-state index is 11.8. The maximum absolute atomic E-state index is 11.8. The van der Waals surface area contributed by atoms with E-state index in [0.29, 0.717) is 5.82 Å². The molecule has 1 amide bonds. The van der Waals surface area contributed by atoms with E-state index in [2.05, 4.69) is 10.4 Å². The molecule has 1 aromatic carbocycles. The van der Waals surface area contributed by atoms with Gasteiger partial charge in [0.05, 0.1) is 11.7 Å². The number of anilines is 1. The van der Waals surface area contributed by atoms with Crippen LogP contribution in [0.25, 0.3) is 5.69 Å². The summed E-state index contributed by atoms with van der Waals surface area (Å²) < 4.78 is 1.70. The van der Waals surface area contributed by atoms with E-state index < -0.39 is 6.04 Å². The Labute approximate surface area is 112 Å². The number of nitrogens with two attached hydrogens (primary N) is 1. The number of amides is 1. The number of nitrogens with zero attached hydrogens (tertiary/aromatic N) is 2. The van der Waals surface area contributed by atoms with E-state index >= 15 is 0 Å². The van der Waals surface area contributed by atoms with Crippen LogP contribution < -0.4 is 11.1 Å². The van der Waals surface area contributed by atoms with Crippen LogP contribution >= 0.6 is 0 Å². The van der Waals surface area contributed by atoms with Gasteiger partial charge in [-0.3, -0.25) is 4.79 Å². The van der Waals surface area contributed by atoms with Crippen LogP contribution in [0.3, 0.4) is 0 Å². The number of benzene rings is 1. The van der Waals surface area contributed by atoms with Crippen LogP contribution in [0.4, 0.5) is 5.82 Å². The molecule has 1 atom stereocenters. The molecule has 0 spiro atoms. The van der Waals surface area contributed by atoms with Gasteiger partial charge in [0.25, 0.3) is 0 Å². The molecule has 100 valence electrons. The van der Waals surface area contributed by atoms with Crippen LogP contribution in [0, 0.1) is 5.92 Å². The molecule has 1 aromatic heterocycles. The number of carbonyl (C=O) groups is 1. The van der Waals surface area contributed by atoms with Crippen LogP contribution in [0.1, 0.15) is 13.8 Å². The lowest BCUT2D eigenvalue weighted by Crippen LogP contribution is -2.39. The quantitative estimate of drug-likeness (QED) is 0.878. The molecule has 2 aromatic rings. The van der Waals surface area contributed by atoms with Crippen LogP contribution in [-0.2, 0) is 4.79 Å². The van der Waals surface area contributed by atoms with Gasteiger partial charge in [-0.25, -0.2) is 4.68 Å². The van der Waals surface area contributed by atoms with Crippen molar-refractivity contribution in [3.05, 3.63) is 42.6 Å². The fraction of sp³-hybridized carbons (Fsp3) is 0.286. The average Bonchev–Trinajstić information content (AvgIpc) is 2.87. The van der Waals surface area contributed by atoms with Crippen molar-refractivity contribution in [2.45, 2.75) is 19.9 Å². The van der Waals surface area contributed by atoms with Gasteiger partial charge in [0, 0.05) is 12.3 Å². The molecule has 0 aliphatic heterocycles. The Kier molecular flexibility index (Phi) is 3.97. The molecular weight excluding hydrogens is 240 g/mol. The number of aromatic nitrogens is 2. The van der Waals surface area contributed by atoms with E-state index in [1.807, 2.05) is 44.2 Å². The SMILES string of the molecule is CC(C)[C@H](N)C(=O)Nc1ccn(-c2ccccc2)n1. The first-order valence-corrected chi connectivity index (χ1v) is 6.25. The molecule has 0 bridgehead atoms. The normalized spacial score (nSPS) is 12.4. The first-order valence-electron chi connectivity index (χ1n) is 6.25. The van der Waals surface area contributed by atoms with Crippen LogP contribution in [-0.4, -0.2) is 21.7 Å². The van der Waals surface area contributed by atoms with Crippen LogP contribution in [0.5, 0.6) is 0 Å². The third-order valence-electron chi connectivity index (χ3n) is 2.88. The summed E-state index contributed by atoms with van der Waals surface area (Å²) in [7, 11) is 0. The first-order chi connectivity index (χ1) is 9.08. The molecule has 1 heterocycles. The second-order valence-electron chi connectivity index (χ2n) is 4.74. The molecule has 2 rings (SSSR count). The Bertz CT molecular complexity index is 548. The van der Waals surface area contributed by atoms with Gasteiger partial charge in [0.1, 0.15) is 0 Å². The van der Waals surface area contributed by atoms with Crippen LogP contribution in [0.15, 0.2) is 42.6 Å². The lowest BCUT2D eigenvalue weighted by molar-refractivity contribution is -0.118. The van der Waals surface area contributed by atoms with Crippen LogP contribution in [0.2, 0.25) is 0 Å². The molecule has 0 unspecified atom stereocenters. The average molecular weight is 258 g/mol. The van der Waals surface area contributed by atoms with Gasteiger partial charge in [-0.15, -0.1) is 0 Å². The Hall–Kier alpha value is -2.14. The number of hydrogen-bond acceptors (Lipinski definition) is 3. The summed E-state index contributed by atoms with van der Waals surface area (Å²) in [5.41, 5.74) is 6.72. The Morgan fingerprint density at radius 3 is 2.58 bits per heavy atom. The van der Waals surface area contributed by atoms with Gasteiger partial charge in [-0.05, 0) is 18.1 Å². The highest BCUT2D eigenvalue weighted by Crippen LogP contribution is 2.10. The highest BCUT2D eigenvalue weighted by molar-refractivity contribution is 5.94. The Morgan fingerprint density at radius 1 is 1.26 bits per heavy atom. The summed E-state index contributed by atoms with van der Waals surface area (Å²) in [5.74, 6) is 0.384.